The summed E-state index contributed by atoms with van der Waals surface area (Å²) in [4.78, 5) is 0. The zero-order valence-corrected chi connectivity index (χ0v) is 11.3. The van der Waals surface area contributed by atoms with Gasteiger partial charge in [-0.15, -0.1) is 0 Å². The second-order valence-electron chi connectivity index (χ2n) is 5.04. The highest BCUT2D eigenvalue weighted by atomic mass is 16.5. The van der Waals surface area contributed by atoms with Crippen LogP contribution < -0.4 is 5.32 Å². The van der Waals surface area contributed by atoms with Crippen LogP contribution in [0, 0.1) is 5.92 Å². The molecule has 16 heavy (non-hydrogen) atoms. The van der Waals surface area contributed by atoms with Crippen LogP contribution in [0.2, 0.25) is 0 Å². The molecule has 0 amide bonds. The molecule has 2 unspecified atom stereocenters. The fourth-order valence-electron chi connectivity index (χ4n) is 1.45. The SMILES string of the molecule is CCCCC(C)NCC(O)COCC(C)C. The van der Waals surface area contributed by atoms with Crippen LogP contribution in [0.5, 0.6) is 0 Å². The van der Waals surface area contributed by atoms with Crippen LogP contribution in [0.15, 0.2) is 0 Å². The van der Waals surface area contributed by atoms with E-state index in [0.717, 1.165) is 6.61 Å². The van der Waals surface area contributed by atoms with Gasteiger partial charge in [-0.25, -0.2) is 0 Å². The molecule has 0 aliphatic rings. The summed E-state index contributed by atoms with van der Waals surface area (Å²) in [5.41, 5.74) is 0. The molecular formula is C13H29NO2. The van der Waals surface area contributed by atoms with Crippen LogP contribution in [0.3, 0.4) is 0 Å². The smallest absolute Gasteiger partial charge is 0.0897 e. The van der Waals surface area contributed by atoms with E-state index in [1.54, 1.807) is 0 Å². The average Bonchev–Trinajstić information content (AvgIpc) is 2.23. The van der Waals surface area contributed by atoms with Crippen LogP contribution >= 0.6 is 0 Å². The number of unbranched alkanes of at least 4 members (excludes halogenated alkanes) is 1. The second kappa shape index (κ2) is 10.1. The molecule has 0 heterocycles. The van der Waals surface area contributed by atoms with Crippen LogP contribution in [-0.2, 0) is 4.74 Å². The molecule has 98 valence electrons. The zero-order valence-electron chi connectivity index (χ0n) is 11.3. The van der Waals surface area contributed by atoms with Crippen molar-refractivity contribution in [1.29, 1.82) is 0 Å². The van der Waals surface area contributed by atoms with E-state index in [0.29, 0.717) is 25.1 Å². The van der Waals surface area contributed by atoms with Crippen LogP contribution in [0.25, 0.3) is 0 Å². The zero-order chi connectivity index (χ0) is 12.4. The molecule has 0 saturated carbocycles. The molecule has 2 N–H and O–H groups in total. The molecule has 3 nitrogen and oxygen atoms in total. The molecular weight excluding hydrogens is 202 g/mol. The van der Waals surface area contributed by atoms with Crippen molar-refractivity contribution in [3.8, 4) is 0 Å². The van der Waals surface area contributed by atoms with Crippen LogP contribution in [0.1, 0.15) is 47.0 Å². The minimum atomic E-state index is -0.386. The highest BCUT2D eigenvalue weighted by molar-refractivity contribution is 4.65. The van der Waals surface area contributed by atoms with E-state index >= 15 is 0 Å². The van der Waals surface area contributed by atoms with Gasteiger partial charge in [0.1, 0.15) is 0 Å². The Kier molecular flexibility index (Phi) is 9.99. The Labute approximate surface area is 101 Å². The summed E-state index contributed by atoms with van der Waals surface area (Å²) < 4.78 is 5.38. The Hall–Kier alpha value is -0.120. The predicted octanol–water partition coefficient (Wildman–Crippen LogP) is 2.19. The standard InChI is InChI=1S/C13H29NO2/c1-5-6-7-12(4)14-8-13(15)10-16-9-11(2)3/h11-15H,5-10H2,1-4H3. The largest absolute Gasteiger partial charge is 0.389 e. The highest BCUT2D eigenvalue weighted by Gasteiger charge is 2.07. The number of ether oxygens (including phenoxy) is 1. The average molecular weight is 231 g/mol. The van der Waals surface area contributed by atoms with E-state index in [1.807, 2.05) is 0 Å². The molecule has 0 spiro atoms. The van der Waals surface area contributed by atoms with E-state index in [1.165, 1.54) is 19.3 Å². The number of aliphatic hydroxyl groups is 1. The Morgan fingerprint density at radius 2 is 1.88 bits per heavy atom. The number of nitrogens with one attached hydrogen (secondary N) is 1. The molecule has 0 fully saturated rings. The van der Waals surface area contributed by atoms with Gasteiger partial charge in [0.25, 0.3) is 0 Å². The normalized spacial score (nSPS) is 15.4. The highest BCUT2D eigenvalue weighted by Crippen LogP contribution is 1.99. The van der Waals surface area contributed by atoms with Crippen molar-refractivity contribution in [3.05, 3.63) is 0 Å². The van der Waals surface area contributed by atoms with Gasteiger partial charge >= 0.3 is 0 Å². The number of hydrogen-bond acceptors (Lipinski definition) is 3. The number of hydrogen-bond donors (Lipinski definition) is 2. The third-order valence-corrected chi connectivity index (χ3v) is 2.45. The lowest BCUT2D eigenvalue weighted by molar-refractivity contribution is 0.0251. The Morgan fingerprint density at radius 3 is 2.44 bits per heavy atom. The summed E-state index contributed by atoms with van der Waals surface area (Å²) in [6.07, 6.45) is 3.26. The quantitative estimate of drug-likeness (QED) is 0.605. The lowest BCUT2D eigenvalue weighted by atomic mass is 10.1. The van der Waals surface area contributed by atoms with Gasteiger partial charge in [-0.2, -0.15) is 0 Å². The van der Waals surface area contributed by atoms with Crippen LogP contribution in [-0.4, -0.2) is 37.0 Å². The van der Waals surface area contributed by atoms with Gasteiger partial charge < -0.3 is 15.2 Å². The maximum Gasteiger partial charge on any atom is 0.0897 e. The lowest BCUT2D eigenvalue weighted by Crippen LogP contribution is -2.36. The van der Waals surface area contributed by atoms with E-state index < -0.39 is 0 Å². The molecule has 0 aliphatic carbocycles. The third-order valence-electron chi connectivity index (χ3n) is 2.45. The molecule has 0 aromatic heterocycles. The first-order valence-electron chi connectivity index (χ1n) is 6.55. The van der Waals surface area contributed by atoms with E-state index in [4.69, 9.17) is 4.74 Å². The molecule has 0 radical (unpaired) electrons. The minimum absolute atomic E-state index is 0.386. The van der Waals surface area contributed by atoms with Crippen molar-refractivity contribution in [2.24, 2.45) is 5.92 Å². The fourth-order valence-corrected chi connectivity index (χ4v) is 1.45. The minimum Gasteiger partial charge on any atom is -0.389 e. The predicted molar refractivity (Wildman–Crippen MR) is 68.7 cm³/mol. The van der Waals surface area contributed by atoms with Gasteiger partial charge in [-0.3, -0.25) is 0 Å². The van der Waals surface area contributed by atoms with Gasteiger partial charge in [0.05, 0.1) is 12.7 Å². The van der Waals surface area contributed by atoms with Gasteiger partial charge in [0.2, 0.25) is 0 Å². The maximum atomic E-state index is 9.65. The van der Waals surface area contributed by atoms with Gasteiger partial charge in [-0.05, 0) is 19.3 Å². The molecule has 2 atom stereocenters. The summed E-state index contributed by atoms with van der Waals surface area (Å²) >= 11 is 0. The van der Waals surface area contributed by atoms with Crippen molar-refractivity contribution >= 4 is 0 Å². The first-order valence-corrected chi connectivity index (χ1v) is 6.55. The third kappa shape index (κ3) is 10.4. The van der Waals surface area contributed by atoms with Gasteiger partial charge in [0.15, 0.2) is 0 Å². The van der Waals surface area contributed by atoms with E-state index in [2.05, 4.69) is 33.0 Å². The lowest BCUT2D eigenvalue weighted by Gasteiger charge is -2.17. The first kappa shape index (κ1) is 15.9. The van der Waals surface area contributed by atoms with Gasteiger partial charge in [0, 0.05) is 19.2 Å². The van der Waals surface area contributed by atoms with E-state index in [-0.39, 0.29) is 6.10 Å². The number of aliphatic hydroxyl groups excluding tert-OH is 1. The molecule has 0 aromatic rings. The number of rotatable bonds is 10. The van der Waals surface area contributed by atoms with Crippen molar-refractivity contribution < 1.29 is 9.84 Å². The van der Waals surface area contributed by atoms with Crippen LogP contribution in [0.4, 0.5) is 0 Å². The van der Waals surface area contributed by atoms with Crippen molar-refractivity contribution in [1.82, 2.24) is 5.32 Å². The van der Waals surface area contributed by atoms with Crippen molar-refractivity contribution in [2.75, 3.05) is 19.8 Å². The monoisotopic (exact) mass is 231 g/mol. The van der Waals surface area contributed by atoms with Gasteiger partial charge in [-0.1, -0.05) is 33.6 Å². The Balaban J connectivity index is 3.38. The molecule has 0 bridgehead atoms. The summed E-state index contributed by atoms with van der Waals surface area (Å²) in [6, 6.07) is 0.486. The van der Waals surface area contributed by atoms with Crippen molar-refractivity contribution in [2.45, 2.75) is 59.1 Å². The molecule has 0 aromatic carbocycles. The first-order chi connectivity index (χ1) is 7.56. The molecule has 0 saturated heterocycles. The fraction of sp³-hybridized carbons (Fsp3) is 1.00. The molecule has 0 aliphatic heterocycles. The second-order valence-corrected chi connectivity index (χ2v) is 5.04. The Bertz CT molecular complexity index is 151. The van der Waals surface area contributed by atoms with E-state index in [9.17, 15) is 5.11 Å². The molecule has 3 heteroatoms. The summed E-state index contributed by atoms with van der Waals surface area (Å²) in [5.74, 6) is 0.531. The molecule has 0 rings (SSSR count). The van der Waals surface area contributed by atoms with Crippen molar-refractivity contribution in [3.63, 3.8) is 0 Å². The summed E-state index contributed by atoms with van der Waals surface area (Å²) in [5, 5.41) is 13.0. The maximum absolute atomic E-state index is 9.65. The Morgan fingerprint density at radius 1 is 1.19 bits per heavy atom. The summed E-state index contributed by atoms with van der Waals surface area (Å²) in [6.45, 7) is 10.4. The summed E-state index contributed by atoms with van der Waals surface area (Å²) in [7, 11) is 0. The topological polar surface area (TPSA) is 41.5 Å².